The van der Waals surface area contributed by atoms with Crippen molar-refractivity contribution in [2.45, 2.75) is 72.8 Å². The van der Waals surface area contributed by atoms with E-state index in [9.17, 15) is 14.4 Å². The first kappa shape index (κ1) is 20.6. The third-order valence-electron chi connectivity index (χ3n) is 6.46. The fraction of sp³-hybridized carbons (Fsp3) is 0.682. The molecule has 0 spiro atoms. The summed E-state index contributed by atoms with van der Waals surface area (Å²) in [5, 5.41) is 0. The monoisotopic (exact) mass is 360 g/mol. The second kappa shape index (κ2) is 7.89. The van der Waals surface area contributed by atoms with Crippen LogP contribution in [0.2, 0.25) is 0 Å². The van der Waals surface area contributed by atoms with Gasteiger partial charge in [0.05, 0.1) is 5.41 Å². The number of carbonyl (C=O) groups excluding carboxylic acids is 3. The van der Waals surface area contributed by atoms with Gasteiger partial charge < -0.3 is 9.53 Å². The maximum Gasteiger partial charge on any atom is 0.302 e. The molecular formula is C22H32O4. The molecule has 2 bridgehead atoms. The number of hydrogen-bond donors (Lipinski definition) is 0. The van der Waals surface area contributed by atoms with Gasteiger partial charge in [0.25, 0.3) is 0 Å². The van der Waals surface area contributed by atoms with Crippen molar-refractivity contribution in [1.29, 1.82) is 0 Å². The second-order valence-electron chi connectivity index (χ2n) is 8.66. The zero-order chi connectivity index (χ0) is 19.5. The van der Waals surface area contributed by atoms with Crippen LogP contribution >= 0.6 is 0 Å². The van der Waals surface area contributed by atoms with Gasteiger partial charge in [-0.3, -0.25) is 9.59 Å². The topological polar surface area (TPSA) is 60.4 Å². The highest BCUT2D eigenvalue weighted by molar-refractivity contribution is 5.87. The van der Waals surface area contributed by atoms with Crippen molar-refractivity contribution in [3.8, 4) is 0 Å². The predicted octanol–water partition coefficient (Wildman–Crippen LogP) is 4.43. The molecule has 1 saturated carbocycles. The van der Waals surface area contributed by atoms with Crippen LogP contribution in [-0.2, 0) is 19.1 Å². The Kier molecular flexibility index (Phi) is 6.25. The van der Waals surface area contributed by atoms with Crippen LogP contribution in [0.1, 0.15) is 66.7 Å². The molecule has 0 aromatic carbocycles. The van der Waals surface area contributed by atoms with Crippen molar-refractivity contribution in [2.75, 3.05) is 0 Å². The Hall–Kier alpha value is -1.71. The lowest BCUT2D eigenvalue weighted by Gasteiger charge is -2.57. The number of hydrogen-bond acceptors (Lipinski definition) is 4. The van der Waals surface area contributed by atoms with Crippen LogP contribution in [0.15, 0.2) is 23.3 Å². The standard InChI is InChI=1S/C22H32O4/c1-15(2)7-6-8-16(3)19-10-12-21(5)11-9-18(13-23)22(19,14-24)20(21)26-17(4)25/h7,9,13-14,16,19-20H,6,8,10-12H2,1-5H3/t16-,19?,20?,21+,22?/m1/s1. The molecule has 0 aromatic rings. The largest absolute Gasteiger partial charge is 0.461 e. The zero-order valence-corrected chi connectivity index (χ0v) is 16.7. The maximum absolute atomic E-state index is 12.5. The van der Waals surface area contributed by atoms with Gasteiger partial charge >= 0.3 is 5.97 Å². The van der Waals surface area contributed by atoms with Crippen LogP contribution in [0.25, 0.3) is 0 Å². The van der Waals surface area contributed by atoms with Gasteiger partial charge in [0.2, 0.25) is 0 Å². The van der Waals surface area contributed by atoms with Gasteiger partial charge in [-0.25, -0.2) is 0 Å². The average Bonchev–Trinajstić information content (AvgIpc) is 2.56. The summed E-state index contributed by atoms with van der Waals surface area (Å²) in [5.41, 5.74) is 0.454. The molecule has 144 valence electrons. The van der Waals surface area contributed by atoms with Crippen molar-refractivity contribution in [1.82, 2.24) is 0 Å². The summed E-state index contributed by atoms with van der Waals surface area (Å²) in [6, 6.07) is 0. The van der Waals surface area contributed by atoms with E-state index in [2.05, 4.69) is 33.8 Å². The number of aldehydes is 2. The van der Waals surface area contributed by atoms with E-state index >= 15 is 0 Å². The van der Waals surface area contributed by atoms with Crippen molar-refractivity contribution in [3.05, 3.63) is 23.3 Å². The van der Waals surface area contributed by atoms with Gasteiger partial charge in [0.1, 0.15) is 18.7 Å². The van der Waals surface area contributed by atoms with E-state index in [0.717, 1.165) is 38.3 Å². The first-order valence-electron chi connectivity index (χ1n) is 9.64. The number of rotatable bonds is 7. The highest BCUT2D eigenvalue weighted by Gasteiger charge is 2.62. The molecule has 4 heteroatoms. The second-order valence-corrected chi connectivity index (χ2v) is 8.66. The van der Waals surface area contributed by atoms with Crippen molar-refractivity contribution in [3.63, 3.8) is 0 Å². The van der Waals surface area contributed by atoms with Crippen LogP contribution < -0.4 is 0 Å². The summed E-state index contributed by atoms with van der Waals surface area (Å²) in [6.07, 6.45) is 9.55. The Labute approximate surface area is 157 Å². The molecule has 0 amide bonds. The summed E-state index contributed by atoms with van der Waals surface area (Å²) in [7, 11) is 0. The molecule has 2 aliphatic rings. The lowest BCUT2D eigenvalue weighted by atomic mass is 9.48. The smallest absolute Gasteiger partial charge is 0.302 e. The maximum atomic E-state index is 12.5. The molecule has 0 heterocycles. The molecule has 1 fully saturated rings. The van der Waals surface area contributed by atoms with Crippen molar-refractivity contribution >= 4 is 18.5 Å². The van der Waals surface area contributed by atoms with Gasteiger partial charge in [-0.2, -0.15) is 0 Å². The Balaban J connectivity index is 2.46. The van der Waals surface area contributed by atoms with Gasteiger partial charge in [-0.05, 0) is 57.8 Å². The molecule has 26 heavy (non-hydrogen) atoms. The third-order valence-corrected chi connectivity index (χ3v) is 6.46. The number of fused-ring (bicyclic) bond motifs is 2. The highest BCUT2D eigenvalue weighted by Crippen LogP contribution is 2.60. The minimum absolute atomic E-state index is 0.000243. The molecular weight excluding hydrogens is 328 g/mol. The van der Waals surface area contributed by atoms with E-state index in [0.29, 0.717) is 12.0 Å². The summed E-state index contributed by atoms with van der Waals surface area (Å²) < 4.78 is 5.73. The molecule has 0 N–H and O–H groups in total. The highest BCUT2D eigenvalue weighted by atomic mass is 16.5. The summed E-state index contributed by atoms with van der Waals surface area (Å²) in [5.74, 6) is -0.142. The Morgan fingerprint density at radius 1 is 1.35 bits per heavy atom. The third kappa shape index (κ3) is 3.56. The van der Waals surface area contributed by atoms with Gasteiger partial charge in [0, 0.05) is 17.9 Å². The van der Waals surface area contributed by atoms with Crippen molar-refractivity contribution in [2.24, 2.45) is 22.7 Å². The van der Waals surface area contributed by atoms with E-state index in [1.165, 1.54) is 12.5 Å². The van der Waals surface area contributed by atoms with Crippen LogP contribution in [-0.4, -0.2) is 24.6 Å². The molecule has 2 aliphatic carbocycles. The first-order chi connectivity index (χ1) is 12.2. The molecule has 0 aliphatic heterocycles. The van der Waals surface area contributed by atoms with Crippen molar-refractivity contribution < 1.29 is 19.1 Å². The molecule has 5 atom stereocenters. The van der Waals surface area contributed by atoms with E-state index < -0.39 is 17.5 Å². The number of allylic oxidation sites excluding steroid dienone is 3. The molecule has 3 unspecified atom stereocenters. The number of ether oxygens (including phenoxy) is 1. The van der Waals surface area contributed by atoms with E-state index in [-0.39, 0.29) is 17.3 Å². The lowest BCUT2D eigenvalue weighted by Crippen LogP contribution is -2.61. The van der Waals surface area contributed by atoms with E-state index in [1.54, 1.807) is 0 Å². The van der Waals surface area contributed by atoms with Crippen LogP contribution in [0.4, 0.5) is 0 Å². The zero-order valence-electron chi connectivity index (χ0n) is 16.7. The molecule has 0 radical (unpaired) electrons. The minimum atomic E-state index is -1.02. The predicted molar refractivity (Wildman–Crippen MR) is 101 cm³/mol. The number of esters is 1. The van der Waals surface area contributed by atoms with Gasteiger partial charge in [0.15, 0.2) is 0 Å². The minimum Gasteiger partial charge on any atom is -0.461 e. The van der Waals surface area contributed by atoms with Gasteiger partial charge in [-0.15, -0.1) is 0 Å². The number of carbonyl (C=O) groups is 3. The molecule has 2 rings (SSSR count). The Bertz CT molecular complexity index is 628. The van der Waals surface area contributed by atoms with Crippen LogP contribution in [0, 0.1) is 22.7 Å². The summed E-state index contributed by atoms with van der Waals surface area (Å²) >= 11 is 0. The van der Waals surface area contributed by atoms with Crippen LogP contribution in [0.5, 0.6) is 0 Å². The fourth-order valence-electron chi connectivity index (χ4n) is 5.09. The Morgan fingerprint density at radius 3 is 2.58 bits per heavy atom. The van der Waals surface area contributed by atoms with E-state index in [1.807, 2.05) is 6.08 Å². The molecule has 0 saturated heterocycles. The summed E-state index contributed by atoms with van der Waals surface area (Å²) in [4.78, 5) is 36.2. The van der Waals surface area contributed by atoms with E-state index in [4.69, 9.17) is 4.74 Å². The fourth-order valence-corrected chi connectivity index (χ4v) is 5.09. The SMILES string of the molecule is CC(=O)OC1C2(C=O)C(C=O)=CC[C@@]1(C)CCC2[C@H](C)CCC=C(C)C. The lowest BCUT2D eigenvalue weighted by molar-refractivity contribution is -0.183. The van der Waals surface area contributed by atoms with Gasteiger partial charge in [-0.1, -0.05) is 31.6 Å². The quantitative estimate of drug-likeness (QED) is 0.383. The summed E-state index contributed by atoms with van der Waals surface area (Å²) in [6.45, 7) is 9.76. The van der Waals surface area contributed by atoms with Crippen LogP contribution in [0.3, 0.4) is 0 Å². The molecule has 0 aromatic heterocycles. The normalized spacial score (nSPS) is 34.3. The first-order valence-corrected chi connectivity index (χ1v) is 9.64. The Morgan fingerprint density at radius 2 is 2.04 bits per heavy atom. The molecule has 4 nitrogen and oxygen atoms in total. The average molecular weight is 360 g/mol.